The highest BCUT2D eigenvalue weighted by atomic mass is 16.6. The van der Waals surface area contributed by atoms with Gasteiger partial charge in [-0.15, -0.1) is 0 Å². The van der Waals surface area contributed by atoms with Crippen LogP contribution in [0.25, 0.3) is 11.1 Å². The number of carbonyl (C=O) groups is 2. The minimum atomic E-state index is -0.470. The van der Waals surface area contributed by atoms with E-state index in [9.17, 15) is 9.59 Å². The molecule has 0 aliphatic carbocycles. The first kappa shape index (κ1) is 28.6. The van der Waals surface area contributed by atoms with E-state index in [1.54, 1.807) is 48.5 Å². The first-order valence-electron chi connectivity index (χ1n) is 13.9. The van der Waals surface area contributed by atoms with Crippen LogP contribution in [0.3, 0.4) is 0 Å². The molecule has 40 heavy (non-hydrogen) atoms. The van der Waals surface area contributed by atoms with E-state index in [2.05, 4.69) is 19.6 Å². The number of hydrogen-bond acceptors (Lipinski definition) is 6. The summed E-state index contributed by atoms with van der Waals surface area (Å²) >= 11 is 0. The molecule has 206 valence electrons. The lowest BCUT2D eigenvalue weighted by atomic mass is 10.0. The molecule has 0 N–H and O–H groups in total. The van der Waals surface area contributed by atoms with Crippen molar-refractivity contribution in [2.45, 2.75) is 70.5 Å². The zero-order valence-electron chi connectivity index (χ0n) is 22.9. The molecule has 6 nitrogen and oxygen atoms in total. The van der Waals surface area contributed by atoms with Gasteiger partial charge in [0.2, 0.25) is 0 Å². The standard InChI is InChI=1S/C34H35NO5/c1-3-4-5-6-7-8-9-31(32-22-24(2)33(36)40-32)38-29-20-16-28(17-21-29)34(37)39-30-18-14-27(15-19-30)26-12-10-25(23-35)11-13-26/h10-21,31-32H,2-9,22H2,1H3. The number of ether oxygens (including phenoxy) is 3. The summed E-state index contributed by atoms with van der Waals surface area (Å²) in [5.74, 6) is 0.213. The van der Waals surface area contributed by atoms with E-state index in [0.717, 1.165) is 30.4 Å². The fourth-order valence-electron chi connectivity index (χ4n) is 4.71. The van der Waals surface area contributed by atoms with Crippen LogP contribution >= 0.6 is 0 Å². The van der Waals surface area contributed by atoms with Crippen molar-refractivity contribution in [1.82, 2.24) is 0 Å². The Morgan fingerprint density at radius 3 is 2.12 bits per heavy atom. The van der Waals surface area contributed by atoms with Gasteiger partial charge in [-0.25, -0.2) is 9.59 Å². The molecule has 2 atom stereocenters. The van der Waals surface area contributed by atoms with Crippen molar-refractivity contribution in [3.63, 3.8) is 0 Å². The van der Waals surface area contributed by atoms with E-state index in [0.29, 0.717) is 34.6 Å². The molecule has 1 saturated heterocycles. The highest BCUT2D eigenvalue weighted by Crippen LogP contribution is 2.28. The molecule has 3 aromatic carbocycles. The van der Waals surface area contributed by atoms with Crippen molar-refractivity contribution >= 4 is 11.9 Å². The SMILES string of the molecule is C=C1CC(C(CCCCCCCC)Oc2ccc(C(=O)Oc3ccc(-c4ccc(C#N)cc4)cc3)cc2)OC1=O. The van der Waals surface area contributed by atoms with Gasteiger partial charge in [-0.1, -0.05) is 69.9 Å². The topological polar surface area (TPSA) is 85.6 Å². The molecule has 1 aliphatic heterocycles. The molecule has 0 radical (unpaired) electrons. The Morgan fingerprint density at radius 2 is 1.52 bits per heavy atom. The van der Waals surface area contributed by atoms with Gasteiger partial charge in [0.05, 0.1) is 17.2 Å². The third-order valence-corrected chi connectivity index (χ3v) is 7.04. The van der Waals surface area contributed by atoms with E-state index in [1.807, 2.05) is 24.3 Å². The molecule has 0 bridgehead atoms. The zero-order valence-corrected chi connectivity index (χ0v) is 22.9. The van der Waals surface area contributed by atoms with Crippen molar-refractivity contribution in [3.05, 3.63) is 96.1 Å². The predicted molar refractivity (Wildman–Crippen MR) is 154 cm³/mol. The number of nitrogens with zero attached hydrogens (tertiary/aromatic N) is 1. The molecule has 3 aromatic rings. The third-order valence-electron chi connectivity index (χ3n) is 7.04. The summed E-state index contributed by atoms with van der Waals surface area (Å²) in [4.78, 5) is 24.7. The van der Waals surface area contributed by atoms with Gasteiger partial charge in [0.25, 0.3) is 0 Å². The maximum Gasteiger partial charge on any atom is 0.343 e. The maximum absolute atomic E-state index is 12.7. The Morgan fingerprint density at radius 1 is 0.925 bits per heavy atom. The van der Waals surface area contributed by atoms with Crippen molar-refractivity contribution in [1.29, 1.82) is 5.26 Å². The smallest absolute Gasteiger partial charge is 0.343 e. The number of benzene rings is 3. The minimum Gasteiger partial charge on any atom is -0.487 e. The molecule has 2 unspecified atom stereocenters. The highest BCUT2D eigenvalue weighted by molar-refractivity contribution is 5.91. The Balaban J connectivity index is 1.34. The lowest BCUT2D eigenvalue weighted by molar-refractivity contribution is -0.142. The fourth-order valence-corrected chi connectivity index (χ4v) is 4.71. The summed E-state index contributed by atoms with van der Waals surface area (Å²) in [7, 11) is 0. The molecule has 4 rings (SSSR count). The lowest BCUT2D eigenvalue weighted by Gasteiger charge is -2.24. The van der Waals surface area contributed by atoms with E-state index in [1.165, 1.54) is 25.7 Å². The average molecular weight is 538 g/mol. The fraction of sp³-hybridized carbons (Fsp3) is 0.324. The van der Waals surface area contributed by atoms with Crippen LogP contribution < -0.4 is 9.47 Å². The van der Waals surface area contributed by atoms with Gasteiger partial charge in [0.15, 0.2) is 0 Å². The van der Waals surface area contributed by atoms with Crippen LogP contribution in [0, 0.1) is 11.3 Å². The molecule has 1 heterocycles. The largest absolute Gasteiger partial charge is 0.487 e. The van der Waals surface area contributed by atoms with Crippen molar-refractivity contribution in [2.75, 3.05) is 0 Å². The summed E-state index contributed by atoms with van der Waals surface area (Å²) in [5, 5.41) is 8.97. The first-order valence-corrected chi connectivity index (χ1v) is 13.9. The molecule has 0 amide bonds. The summed E-state index contributed by atoms with van der Waals surface area (Å²) in [6, 6.07) is 23.5. The van der Waals surface area contributed by atoms with Gasteiger partial charge in [-0.05, 0) is 72.5 Å². The van der Waals surface area contributed by atoms with Crippen LogP contribution in [0.1, 0.15) is 74.2 Å². The van der Waals surface area contributed by atoms with Crippen molar-refractivity contribution in [3.8, 4) is 28.7 Å². The molecular weight excluding hydrogens is 502 g/mol. The van der Waals surface area contributed by atoms with Gasteiger partial charge in [0.1, 0.15) is 23.7 Å². The van der Waals surface area contributed by atoms with Gasteiger partial charge in [0, 0.05) is 12.0 Å². The zero-order chi connectivity index (χ0) is 28.3. The quantitative estimate of drug-likeness (QED) is 0.0956. The first-order chi connectivity index (χ1) is 19.5. The number of hydrogen-bond donors (Lipinski definition) is 0. The van der Waals surface area contributed by atoms with Crippen LogP contribution in [0.4, 0.5) is 0 Å². The van der Waals surface area contributed by atoms with Gasteiger partial charge >= 0.3 is 11.9 Å². The highest BCUT2D eigenvalue weighted by Gasteiger charge is 2.35. The average Bonchev–Trinajstić information content (AvgIpc) is 3.32. The van der Waals surface area contributed by atoms with Crippen molar-refractivity contribution in [2.24, 2.45) is 0 Å². The molecule has 0 saturated carbocycles. The third kappa shape index (κ3) is 7.83. The Hall–Kier alpha value is -4.37. The van der Waals surface area contributed by atoms with Crippen LogP contribution in [0.15, 0.2) is 84.9 Å². The molecule has 1 fully saturated rings. The van der Waals surface area contributed by atoms with Gasteiger partial charge in [-0.3, -0.25) is 0 Å². The second-order valence-corrected chi connectivity index (χ2v) is 10.1. The van der Waals surface area contributed by atoms with Gasteiger partial charge < -0.3 is 14.2 Å². The molecule has 0 spiro atoms. The Labute approximate surface area is 236 Å². The summed E-state index contributed by atoms with van der Waals surface area (Å²) in [6.45, 7) is 6.01. The lowest BCUT2D eigenvalue weighted by Crippen LogP contribution is -2.31. The van der Waals surface area contributed by atoms with E-state index >= 15 is 0 Å². The summed E-state index contributed by atoms with van der Waals surface area (Å²) < 4.78 is 17.3. The summed E-state index contributed by atoms with van der Waals surface area (Å²) in [6.07, 6.45) is 7.59. The second-order valence-electron chi connectivity index (χ2n) is 10.1. The number of rotatable bonds is 13. The van der Waals surface area contributed by atoms with Crippen LogP contribution in [-0.4, -0.2) is 24.1 Å². The van der Waals surface area contributed by atoms with Crippen LogP contribution in [-0.2, 0) is 9.53 Å². The van der Waals surface area contributed by atoms with E-state index < -0.39 is 5.97 Å². The predicted octanol–water partition coefficient (Wildman–Crippen LogP) is 7.81. The number of nitriles is 1. The van der Waals surface area contributed by atoms with E-state index in [4.69, 9.17) is 19.5 Å². The minimum absolute atomic E-state index is 0.276. The van der Waals surface area contributed by atoms with Gasteiger partial charge in [-0.2, -0.15) is 5.26 Å². The number of carbonyl (C=O) groups excluding carboxylic acids is 2. The Bertz CT molecular complexity index is 1320. The number of unbranched alkanes of at least 4 members (excludes halogenated alkanes) is 5. The molecule has 1 aliphatic rings. The van der Waals surface area contributed by atoms with Crippen LogP contribution in [0.2, 0.25) is 0 Å². The van der Waals surface area contributed by atoms with Crippen molar-refractivity contribution < 1.29 is 23.8 Å². The normalized spacial score (nSPS) is 15.2. The summed E-state index contributed by atoms with van der Waals surface area (Å²) in [5.41, 5.74) is 3.41. The number of cyclic esters (lactones) is 1. The van der Waals surface area contributed by atoms with Crippen LogP contribution in [0.5, 0.6) is 11.5 Å². The number of esters is 2. The molecular formula is C34H35NO5. The molecule has 6 heteroatoms. The molecule has 0 aromatic heterocycles. The van der Waals surface area contributed by atoms with E-state index in [-0.39, 0.29) is 18.2 Å². The second kappa shape index (κ2) is 14.1. The Kier molecular flexibility index (Phi) is 10.1. The maximum atomic E-state index is 12.7. The monoisotopic (exact) mass is 537 g/mol.